The van der Waals surface area contributed by atoms with Gasteiger partial charge in [-0.25, -0.2) is 0 Å². The summed E-state index contributed by atoms with van der Waals surface area (Å²) in [5.41, 5.74) is 0. The molecule has 0 bridgehead atoms. The van der Waals surface area contributed by atoms with Gasteiger partial charge in [-0.2, -0.15) is 0 Å². The molecular weight excluding hydrogens is 113 g/mol. The first kappa shape index (κ1) is 6.71. The molecule has 0 atom stereocenters. The van der Waals surface area contributed by atoms with E-state index in [0.29, 0.717) is 0 Å². The first-order chi connectivity index (χ1) is 3.06. The Morgan fingerprint density at radius 1 is 1.43 bits per heavy atom. The fourth-order valence-electron chi connectivity index (χ4n) is 0.0598. The van der Waals surface area contributed by atoms with Gasteiger partial charge in [-0.3, -0.25) is 4.74 Å². The highest BCUT2D eigenvalue weighted by atomic mass is 19.4. The van der Waals surface area contributed by atoms with Crippen LogP contribution in [0.15, 0.2) is 0 Å². The van der Waals surface area contributed by atoms with E-state index in [-0.39, 0.29) is 0 Å². The van der Waals surface area contributed by atoms with Crippen LogP contribution in [0.3, 0.4) is 0 Å². The van der Waals surface area contributed by atoms with Crippen molar-refractivity contribution in [2.75, 3.05) is 0 Å². The highest BCUT2D eigenvalue weighted by Gasteiger charge is 2.28. The lowest BCUT2D eigenvalue weighted by atomic mass is 11.3. The molecule has 7 heavy (non-hydrogen) atoms. The molecule has 0 aromatic rings. The summed E-state index contributed by atoms with van der Waals surface area (Å²) in [7, 11) is 0. The van der Waals surface area contributed by atoms with Gasteiger partial charge in [0.2, 0.25) is 6.79 Å². The summed E-state index contributed by atoms with van der Waals surface area (Å²) in [6, 6.07) is 0. The van der Waals surface area contributed by atoms with E-state index in [0.717, 1.165) is 0 Å². The number of hydrogen-bond acceptors (Lipinski definition) is 2. The summed E-state index contributed by atoms with van der Waals surface area (Å²) in [5, 5.41) is 7.33. The second-order valence-corrected chi connectivity index (χ2v) is 0.669. The molecule has 2 nitrogen and oxygen atoms in total. The van der Waals surface area contributed by atoms with Crippen molar-refractivity contribution in [3.8, 4) is 0 Å². The quantitative estimate of drug-likeness (QED) is 0.552. The Bertz CT molecular complexity index is 49.4. The van der Waals surface area contributed by atoms with Crippen LogP contribution >= 0.6 is 0 Å². The molecule has 0 aromatic heterocycles. The van der Waals surface area contributed by atoms with E-state index in [4.69, 9.17) is 5.11 Å². The Labute approximate surface area is 37.5 Å². The second-order valence-electron chi connectivity index (χ2n) is 0.669. The fourth-order valence-corrected chi connectivity index (χ4v) is 0.0598. The summed E-state index contributed by atoms with van der Waals surface area (Å²) in [6.45, 7) is -0.417. The van der Waals surface area contributed by atoms with Crippen LogP contribution in [0.25, 0.3) is 0 Å². The molecule has 0 amide bonds. The molecule has 1 radical (unpaired) electrons. The minimum Gasteiger partial charge on any atom is -0.364 e. The van der Waals surface area contributed by atoms with Crippen LogP contribution in [-0.2, 0) is 4.74 Å². The van der Waals surface area contributed by atoms with Crippen molar-refractivity contribution < 1.29 is 23.0 Å². The largest absolute Gasteiger partial charge is 0.524 e. The predicted molar refractivity (Wildman–Crippen MR) is 13.4 cm³/mol. The van der Waals surface area contributed by atoms with Crippen molar-refractivity contribution >= 4 is 0 Å². The van der Waals surface area contributed by atoms with Gasteiger partial charge in [-0.15, -0.1) is 13.2 Å². The van der Waals surface area contributed by atoms with E-state index in [2.05, 4.69) is 4.74 Å². The maximum Gasteiger partial charge on any atom is 0.524 e. The second kappa shape index (κ2) is 2.13. The molecule has 0 fully saturated rings. The Morgan fingerprint density at radius 2 is 1.86 bits per heavy atom. The number of halogens is 3. The van der Waals surface area contributed by atoms with E-state index in [9.17, 15) is 13.2 Å². The molecular formula is C2H2F3O2. The van der Waals surface area contributed by atoms with Crippen molar-refractivity contribution in [1.29, 1.82) is 0 Å². The Kier molecular flexibility index (Phi) is 2.04. The predicted octanol–water partition coefficient (Wildman–Crippen LogP) is 1.01. The van der Waals surface area contributed by atoms with Gasteiger partial charge < -0.3 is 5.11 Å². The molecule has 0 saturated carbocycles. The minimum absolute atomic E-state index is 0.417. The van der Waals surface area contributed by atoms with Crippen LogP contribution in [0.2, 0.25) is 0 Å². The van der Waals surface area contributed by atoms with Gasteiger partial charge in [0.05, 0.1) is 0 Å². The van der Waals surface area contributed by atoms with Crippen LogP contribution < -0.4 is 0 Å². The van der Waals surface area contributed by atoms with E-state index < -0.39 is 13.2 Å². The van der Waals surface area contributed by atoms with Crippen LogP contribution in [0.5, 0.6) is 0 Å². The molecule has 5 heteroatoms. The van der Waals surface area contributed by atoms with Crippen molar-refractivity contribution in [3.05, 3.63) is 6.79 Å². The van der Waals surface area contributed by atoms with Gasteiger partial charge in [0.1, 0.15) is 0 Å². The maximum atomic E-state index is 10.6. The SMILES string of the molecule is O[CH]OC(F)(F)F. The fraction of sp³-hybridized carbons (Fsp3) is 0.500. The van der Waals surface area contributed by atoms with E-state index >= 15 is 0 Å². The highest BCUT2D eigenvalue weighted by molar-refractivity contribution is 4.25. The Hall–Kier alpha value is -0.290. The summed E-state index contributed by atoms with van der Waals surface area (Å²) in [6.07, 6.45) is -4.76. The number of rotatable bonds is 1. The van der Waals surface area contributed by atoms with Crippen LogP contribution in [0.1, 0.15) is 0 Å². The normalized spacial score (nSPS) is 12.0. The van der Waals surface area contributed by atoms with Crippen LogP contribution in [0, 0.1) is 6.79 Å². The number of hydrogen-bond donors (Lipinski definition) is 1. The number of aliphatic hydroxyl groups excluding tert-OH is 1. The zero-order chi connectivity index (χ0) is 5.91. The molecule has 0 unspecified atom stereocenters. The van der Waals surface area contributed by atoms with Crippen LogP contribution in [0.4, 0.5) is 13.2 Å². The van der Waals surface area contributed by atoms with Gasteiger partial charge in [0, 0.05) is 0 Å². The van der Waals surface area contributed by atoms with Crippen LogP contribution in [-0.4, -0.2) is 11.5 Å². The molecule has 0 saturated heterocycles. The molecule has 0 aliphatic carbocycles. The van der Waals surface area contributed by atoms with Crippen molar-refractivity contribution in [2.45, 2.75) is 6.36 Å². The van der Waals surface area contributed by atoms with E-state index in [1.807, 2.05) is 0 Å². The molecule has 1 N–H and O–H groups in total. The van der Waals surface area contributed by atoms with Gasteiger partial charge in [-0.1, -0.05) is 0 Å². The van der Waals surface area contributed by atoms with Gasteiger partial charge >= 0.3 is 6.36 Å². The molecule has 43 valence electrons. The lowest BCUT2D eigenvalue weighted by molar-refractivity contribution is -0.323. The van der Waals surface area contributed by atoms with Gasteiger partial charge in [0.25, 0.3) is 0 Å². The third-order valence-electron chi connectivity index (χ3n) is 0.186. The highest BCUT2D eigenvalue weighted by Crippen LogP contribution is 2.15. The molecule has 0 rings (SSSR count). The zero-order valence-electron chi connectivity index (χ0n) is 3.07. The van der Waals surface area contributed by atoms with Gasteiger partial charge in [-0.05, 0) is 0 Å². The number of aliphatic hydroxyl groups is 1. The topological polar surface area (TPSA) is 29.5 Å². The number of alkyl halides is 3. The molecule has 0 heterocycles. The third kappa shape index (κ3) is 5.71. The van der Waals surface area contributed by atoms with Crippen molar-refractivity contribution in [1.82, 2.24) is 0 Å². The first-order valence-corrected chi connectivity index (χ1v) is 1.26. The molecule has 0 aromatic carbocycles. The van der Waals surface area contributed by atoms with Crippen molar-refractivity contribution in [2.24, 2.45) is 0 Å². The summed E-state index contributed by atoms with van der Waals surface area (Å²) in [5.74, 6) is 0. The molecule has 0 aliphatic heterocycles. The minimum atomic E-state index is -4.76. The Morgan fingerprint density at radius 3 is 1.86 bits per heavy atom. The first-order valence-electron chi connectivity index (χ1n) is 1.26. The van der Waals surface area contributed by atoms with E-state index in [1.165, 1.54) is 0 Å². The average molecular weight is 115 g/mol. The zero-order valence-corrected chi connectivity index (χ0v) is 3.07. The standard InChI is InChI=1S/C2H2F3O2/c3-2(4,5)7-1-6/h1,6H. The lowest BCUT2D eigenvalue weighted by Gasteiger charge is -1.99. The summed E-state index contributed by atoms with van der Waals surface area (Å²) in [4.78, 5) is 0. The summed E-state index contributed by atoms with van der Waals surface area (Å²) >= 11 is 0. The smallest absolute Gasteiger partial charge is 0.364 e. The third-order valence-corrected chi connectivity index (χ3v) is 0.186. The van der Waals surface area contributed by atoms with Gasteiger partial charge in [0.15, 0.2) is 0 Å². The monoisotopic (exact) mass is 115 g/mol. The summed E-state index contributed by atoms with van der Waals surface area (Å²) < 4.78 is 34.6. The average Bonchev–Trinajstić information content (AvgIpc) is 1.30. The number of ether oxygens (including phenoxy) is 1. The Balaban J connectivity index is 3.15. The lowest BCUT2D eigenvalue weighted by Crippen LogP contribution is -2.10. The van der Waals surface area contributed by atoms with Crippen molar-refractivity contribution in [3.63, 3.8) is 0 Å². The maximum absolute atomic E-state index is 10.6. The molecule has 0 aliphatic rings. The van der Waals surface area contributed by atoms with E-state index in [1.54, 1.807) is 0 Å². The molecule has 0 spiro atoms.